The predicted molar refractivity (Wildman–Crippen MR) is 116 cm³/mol. The average molecular weight is 399 g/mol. The van der Waals surface area contributed by atoms with Crippen molar-refractivity contribution in [2.75, 3.05) is 0 Å². The number of carbonyl (C=O) groups is 2. The Morgan fingerprint density at radius 3 is 1.57 bits per heavy atom. The second-order valence-electron chi connectivity index (χ2n) is 8.32. The summed E-state index contributed by atoms with van der Waals surface area (Å²) in [5, 5.41) is 8.55. The van der Waals surface area contributed by atoms with E-state index in [1.165, 1.54) is 77.0 Å². The third-order valence-electron chi connectivity index (χ3n) is 5.65. The van der Waals surface area contributed by atoms with Crippen molar-refractivity contribution in [1.29, 1.82) is 0 Å². The molecule has 0 aromatic carbocycles. The van der Waals surface area contributed by atoms with E-state index < -0.39 is 5.97 Å². The Morgan fingerprint density at radius 2 is 1.11 bits per heavy atom. The van der Waals surface area contributed by atoms with E-state index in [2.05, 4.69) is 18.7 Å². The Morgan fingerprint density at radius 1 is 0.679 bits per heavy atom. The molecule has 0 amide bonds. The summed E-state index contributed by atoms with van der Waals surface area (Å²) in [7, 11) is 0. The molecule has 1 atom stereocenters. The van der Waals surface area contributed by atoms with Crippen molar-refractivity contribution < 1.29 is 19.7 Å². The first-order valence-corrected chi connectivity index (χ1v) is 12.0. The number of hydrogen-bond donors (Lipinski definition) is 1. The van der Waals surface area contributed by atoms with Gasteiger partial charge in [-0.1, -0.05) is 110 Å². The molecule has 166 valence electrons. The van der Waals surface area contributed by atoms with Gasteiger partial charge in [-0.2, -0.15) is 5.26 Å². The fourth-order valence-corrected chi connectivity index (χ4v) is 3.78. The minimum atomic E-state index is -0.687. The van der Waals surface area contributed by atoms with Gasteiger partial charge < -0.3 is 4.89 Å². The Balaban J connectivity index is 3.93. The molecule has 0 saturated heterocycles. The standard InChI is InChI=1S/C24H46O4/c1-3-5-7-9-11-12-14-16-18-20-23(25)22(21-24(26)28-27)19-17-15-13-10-8-6-4-2/h22,27H,3-21H2,1-2H3. The summed E-state index contributed by atoms with van der Waals surface area (Å²) in [6.45, 7) is 4.45. The Kier molecular flexibility index (Phi) is 20.2. The maximum atomic E-state index is 12.5. The van der Waals surface area contributed by atoms with Crippen LogP contribution in [-0.4, -0.2) is 17.0 Å². The monoisotopic (exact) mass is 398 g/mol. The molecule has 0 saturated carbocycles. The van der Waals surface area contributed by atoms with Crippen molar-refractivity contribution in [3.05, 3.63) is 0 Å². The minimum Gasteiger partial charge on any atom is -0.301 e. The molecule has 0 aliphatic rings. The maximum absolute atomic E-state index is 12.5. The van der Waals surface area contributed by atoms with E-state index in [0.29, 0.717) is 6.42 Å². The van der Waals surface area contributed by atoms with Gasteiger partial charge in [0.15, 0.2) is 0 Å². The molecule has 0 spiro atoms. The summed E-state index contributed by atoms with van der Waals surface area (Å²) < 4.78 is 0. The van der Waals surface area contributed by atoms with Gasteiger partial charge in [-0.3, -0.25) is 4.79 Å². The number of hydrogen-bond acceptors (Lipinski definition) is 4. The lowest BCUT2D eigenvalue weighted by molar-refractivity contribution is -0.235. The summed E-state index contributed by atoms with van der Waals surface area (Å²) in [4.78, 5) is 27.8. The van der Waals surface area contributed by atoms with E-state index in [1.54, 1.807) is 0 Å². The number of ketones is 1. The van der Waals surface area contributed by atoms with Crippen molar-refractivity contribution >= 4 is 11.8 Å². The van der Waals surface area contributed by atoms with Crippen molar-refractivity contribution in [1.82, 2.24) is 0 Å². The molecule has 0 aromatic heterocycles. The molecule has 0 heterocycles. The van der Waals surface area contributed by atoms with Crippen LogP contribution in [0.25, 0.3) is 0 Å². The van der Waals surface area contributed by atoms with Crippen LogP contribution in [0, 0.1) is 5.92 Å². The highest BCUT2D eigenvalue weighted by Gasteiger charge is 2.22. The molecule has 1 unspecified atom stereocenters. The first kappa shape index (κ1) is 27.1. The van der Waals surface area contributed by atoms with Crippen LogP contribution < -0.4 is 0 Å². The van der Waals surface area contributed by atoms with Crippen molar-refractivity contribution in [3.63, 3.8) is 0 Å². The van der Waals surface area contributed by atoms with E-state index in [0.717, 1.165) is 32.1 Å². The van der Waals surface area contributed by atoms with Crippen LogP contribution >= 0.6 is 0 Å². The van der Waals surface area contributed by atoms with Gasteiger partial charge in [0.2, 0.25) is 0 Å². The van der Waals surface area contributed by atoms with Crippen molar-refractivity contribution in [2.45, 2.75) is 136 Å². The van der Waals surface area contributed by atoms with Crippen LogP contribution in [0.1, 0.15) is 136 Å². The Hall–Kier alpha value is -0.900. The van der Waals surface area contributed by atoms with Crippen molar-refractivity contribution in [3.8, 4) is 0 Å². The summed E-state index contributed by atoms with van der Waals surface area (Å²) in [6.07, 6.45) is 20.7. The zero-order chi connectivity index (χ0) is 20.9. The number of rotatable bonds is 21. The van der Waals surface area contributed by atoms with Crippen LogP contribution in [0.2, 0.25) is 0 Å². The third kappa shape index (κ3) is 17.2. The molecule has 28 heavy (non-hydrogen) atoms. The molecule has 4 nitrogen and oxygen atoms in total. The Labute approximate surface area is 173 Å². The van der Waals surface area contributed by atoms with E-state index in [1.807, 2.05) is 0 Å². The van der Waals surface area contributed by atoms with Gasteiger partial charge in [-0.25, -0.2) is 4.79 Å². The average Bonchev–Trinajstić information content (AvgIpc) is 2.70. The molecular formula is C24H46O4. The van der Waals surface area contributed by atoms with Gasteiger partial charge in [0.25, 0.3) is 0 Å². The van der Waals surface area contributed by atoms with E-state index in [9.17, 15) is 9.59 Å². The number of Topliss-reactive ketones (excluding diaryl/α,β-unsaturated/α-hetero) is 1. The first-order chi connectivity index (χ1) is 13.7. The van der Waals surface area contributed by atoms with Crippen LogP contribution in [0.15, 0.2) is 0 Å². The highest BCUT2D eigenvalue weighted by Crippen LogP contribution is 2.20. The topological polar surface area (TPSA) is 63.6 Å². The largest absolute Gasteiger partial charge is 0.342 e. The number of unbranched alkanes of at least 4 members (excludes halogenated alkanes) is 14. The zero-order valence-corrected chi connectivity index (χ0v) is 18.7. The molecule has 0 fully saturated rings. The van der Waals surface area contributed by atoms with Crippen LogP contribution in [0.3, 0.4) is 0 Å². The molecule has 0 bridgehead atoms. The van der Waals surface area contributed by atoms with Gasteiger partial charge in [0, 0.05) is 12.3 Å². The van der Waals surface area contributed by atoms with E-state index >= 15 is 0 Å². The van der Waals surface area contributed by atoms with Gasteiger partial charge in [-0.05, 0) is 12.8 Å². The lowest BCUT2D eigenvalue weighted by atomic mass is 9.90. The molecule has 1 N–H and O–H groups in total. The SMILES string of the molecule is CCCCCCCCCCCC(=O)C(CCCCCCCCC)CC(=O)OO. The van der Waals surface area contributed by atoms with Crippen LogP contribution in [0.4, 0.5) is 0 Å². The summed E-state index contributed by atoms with van der Waals surface area (Å²) in [5.41, 5.74) is 0. The van der Waals surface area contributed by atoms with Gasteiger partial charge in [-0.15, -0.1) is 0 Å². The quantitative estimate of drug-likeness (QED) is 0.123. The lowest BCUT2D eigenvalue weighted by Crippen LogP contribution is -2.19. The highest BCUT2D eigenvalue weighted by molar-refractivity contribution is 5.85. The summed E-state index contributed by atoms with van der Waals surface area (Å²) in [5.74, 6) is -0.808. The normalized spacial score (nSPS) is 12.1. The van der Waals surface area contributed by atoms with E-state index in [-0.39, 0.29) is 18.1 Å². The second-order valence-corrected chi connectivity index (χ2v) is 8.32. The smallest absolute Gasteiger partial charge is 0.301 e. The molecule has 0 aromatic rings. The first-order valence-electron chi connectivity index (χ1n) is 12.0. The molecule has 4 heteroatoms. The fraction of sp³-hybridized carbons (Fsp3) is 0.917. The van der Waals surface area contributed by atoms with Crippen LogP contribution in [-0.2, 0) is 14.5 Å². The summed E-state index contributed by atoms with van der Waals surface area (Å²) in [6, 6.07) is 0. The molecular weight excluding hydrogens is 352 g/mol. The minimum absolute atomic E-state index is 0.0165. The molecule has 0 radical (unpaired) electrons. The predicted octanol–water partition coefficient (Wildman–Crippen LogP) is 7.64. The zero-order valence-electron chi connectivity index (χ0n) is 18.7. The second kappa shape index (κ2) is 20.8. The third-order valence-corrected chi connectivity index (χ3v) is 5.65. The lowest BCUT2D eigenvalue weighted by Gasteiger charge is -2.14. The molecule has 0 rings (SSSR count). The maximum Gasteiger partial charge on any atom is 0.342 e. The fourth-order valence-electron chi connectivity index (χ4n) is 3.78. The summed E-state index contributed by atoms with van der Waals surface area (Å²) >= 11 is 0. The highest BCUT2D eigenvalue weighted by atomic mass is 17.1. The van der Waals surface area contributed by atoms with Gasteiger partial charge in [0.05, 0.1) is 6.42 Å². The Bertz CT molecular complexity index is 368. The van der Waals surface area contributed by atoms with Crippen LogP contribution in [0.5, 0.6) is 0 Å². The van der Waals surface area contributed by atoms with E-state index in [4.69, 9.17) is 5.26 Å². The molecule has 0 aliphatic carbocycles. The molecule has 0 aliphatic heterocycles. The van der Waals surface area contributed by atoms with Gasteiger partial charge >= 0.3 is 5.97 Å². The van der Waals surface area contributed by atoms with Gasteiger partial charge in [0.1, 0.15) is 5.78 Å². The number of carbonyl (C=O) groups excluding carboxylic acids is 2. The van der Waals surface area contributed by atoms with Crippen molar-refractivity contribution in [2.24, 2.45) is 5.92 Å².